The zero-order chi connectivity index (χ0) is 14.4. The van der Waals surface area contributed by atoms with E-state index in [0.717, 1.165) is 52.0 Å². The third-order valence-electron chi connectivity index (χ3n) is 5.07. The Morgan fingerprint density at radius 3 is 2.95 bits per heavy atom. The summed E-state index contributed by atoms with van der Waals surface area (Å²) in [6, 6.07) is 3.18. The van der Waals surface area contributed by atoms with Crippen LogP contribution in [0.2, 0.25) is 0 Å². The highest BCUT2D eigenvalue weighted by atomic mass is 16.5. The van der Waals surface area contributed by atoms with E-state index in [2.05, 4.69) is 30.3 Å². The maximum absolute atomic E-state index is 9.64. The fourth-order valence-electron chi connectivity index (χ4n) is 3.65. The van der Waals surface area contributed by atoms with E-state index >= 15 is 0 Å². The van der Waals surface area contributed by atoms with Crippen molar-refractivity contribution in [3.63, 3.8) is 0 Å². The van der Waals surface area contributed by atoms with Gasteiger partial charge >= 0.3 is 0 Å². The van der Waals surface area contributed by atoms with Gasteiger partial charge in [-0.3, -0.25) is 5.32 Å². The van der Waals surface area contributed by atoms with Crippen molar-refractivity contribution in [2.75, 3.05) is 33.4 Å². The summed E-state index contributed by atoms with van der Waals surface area (Å²) in [6.07, 6.45) is 6.76. The highest BCUT2D eigenvalue weighted by molar-refractivity contribution is 5.14. The fraction of sp³-hybridized carbons (Fsp3) is 0.938. The Morgan fingerprint density at radius 1 is 1.45 bits per heavy atom. The van der Waals surface area contributed by atoms with Crippen LogP contribution in [-0.4, -0.2) is 49.8 Å². The highest BCUT2D eigenvalue weighted by Gasteiger charge is 2.42. The molecular formula is C16H29N3O. The van der Waals surface area contributed by atoms with Crippen molar-refractivity contribution in [3.8, 4) is 6.07 Å². The molecular weight excluding hydrogens is 250 g/mol. The first-order valence-electron chi connectivity index (χ1n) is 8.16. The van der Waals surface area contributed by atoms with Gasteiger partial charge in [-0.05, 0) is 58.2 Å². The van der Waals surface area contributed by atoms with Crippen LogP contribution in [0.5, 0.6) is 0 Å². The number of ether oxygens (including phenoxy) is 1. The molecule has 0 aromatic heterocycles. The SMILES string of the molecule is CCCNC1(C#N)CCCC1CCN(C)C1CCOC1. The number of nitrogens with zero attached hydrogens (tertiary/aromatic N) is 2. The third kappa shape index (κ3) is 3.52. The van der Waals surface area contributed by atoms with E-state index in [0.29, 0.717) is 12.0 Å². The van der Waals surface area contributed by atoms with Crippen molar-refractivity contribution in [2.24, 2.45) is 5.92 Å². The minimum atomic E-state index is -0.261. The Morgan fingerprint density at radius 2 is 2.30 bits per heavy atom. The maximum atomic E-state index is 9.64. The van der Waals surface area contributed by atoms with Crippen molar-refractivity contribution in [1.82, 2.24) is 10.2 Å². The molecule has 2 aliphatic rings. The number of nitrogens with one attached hydrogen (secondary N) is 1. The molecule has 0 aromatic rings. The smallest absolute Gasteiger partial charge is 0.109 e. The number of hydrogen-bond donors (Lipinski definition) is 1. The largest absolute Gasteiger partial charge is 0.380 e. The summed E-state index contributed by atoms with van der Waals surface area (Å²) in [5, 5.41) is 13.2. The summed E-state index contributed by atoms with van der Waals surface area (Å²) in [5.74, 6) is 0.504. The Kier molecular flexibility index (Phi) is 5.83. The maximum Gasteiger partial charge on any atom is 0.109 e. The van der Waals surface area contributed by atoms with Crippen LogP contribution in [0, 0.1) is 17.2 Å². The van der Waals surface area contributed by atoms with Gasteiger partial charge < -0.3 is 9.64 Å². The van der Waals surface area contributed by atoms with E-state index in [9.17, 15) is 5.26 Å². The molecule has 3 atom stereocenters. The van der Waals surface area contributed by atoms with Crippen molar-refractivity contribution in [2.45, 2.75) is 57.0 Å². The molecule has 4 nitrogen and oxygen atoms in total. The summed E-state index contributed by atoms with van der Waals surface area (Å²) in [6.45, 7) is 5.97. The quantitative estimate of drug-likeness (QED) is 0.776. The number of hydrogen-bond acceptors (Lipinski definition) is 4. The monoisotopic (exact) mass is 279 g/mol. The molecule has 0 bridgehead atoms. The van der Waals surface area contributed by atoms with Crippen LogP contribution in [0.1, 0.15) is 45.4 Å². The van der Waals surface area contributed by atoms with Crippen LogP contribution in [0.4, 0.5) is 0 Å². The predicted octanol–water partition coefficient (Wildman–Crippen LogP) is 2.16. The lowest BCUT2D eigenvalue weighted by Crippen LogP contribution is -2.48. The number of nitriles is 1. The molecule has 1 heterocycles. The molecule has 0 spiro atoms. The van der Waals surface area contributed by atoms with Crippen molar-refractivity contribution >= 4 is 0 Å². The molecule has 3 unspecified atom stereocenters. The number of likely N-dealkylation sites (N-methyl/N-ethyl adjacent to an activating group) is 1. The normalized spacial score (nSPS) is 33.7. The molecule has 2 rings (SSSR count). The van der Waals surface area contributed by atoms with E-state index in [1.807, 2.05) is 0 Å². The average molecular weight is 279 g/mol. The molecule has 1 saturated heterocycles. The Labute approximate surface area is 123 Å². The molecule has 2 fully saturated rings. The molecule has 114 valence electrons. The van der Waals surface area contributed by atoms with Gasteiger partial charge in [0.2, 0.25) is 0 Å². The zero-order valence-corrected chi connectivity index (χ0v) is 13.0. The van der Waals surface area contributed by atoms with Crippen LogP contribution in [0.3, 0.4) is 0 Å². The van der Waals surface area contributed by atoms with Gasteiger partial charge in [0.1, 0.15) is 5.54 Å². The lowest BCUT2D eigenvalue weighted by molar-refractivity contribution is 0.151. The van der Waals surface area contributed by atoms with E-state index in [1.54, 1.807) is 0 Å². The van der Waals surface area contributed by atoms with Gasteiger partial charge in [0, 0.05) is 12.6 Å². The van der Waals surface area contributed by atoms with Crippen molar-refractivity contribution < 1.29 is 4.74 Å². The Hall–Kier alpha value is -0.630. The first kappa shape index (κ1) is 15.8. The van der Waals surface area contributed by atoms with Gasteiger partial charge in [0.25, 0.3) is 0 Å². The Bertz CT molecular complexity index is 335. The average Bonchev–Trinajstić information content (AvgIpc) is 3.12. The molecule has 1 N–H and O–H groups in total. The van der Waals surface area contributed by atoms with Crippen LogP contribution in [0.25, 0.3) is 0 Å². The number of rotatable bonds is 7. The van der Waals surface area contributed by atoms with Crippen LogP contribution < -0.4 is 5.32 Å². The third-order valence-corrected chi connectivity index (χ3v) is 5.07. The highest BCUT2D eigenvalue weighted by Crippen LogP contribution is 2.37. The molecule has 1 aliphatic carbocycles. The van der Waals surface area contributed by atoms with E-state index in [4.69, 9.17) is 4.74 Å². The summed E-state index contributed by atoms with van der Waals surface area (Å²) < 4.78 is 5.46. The summed E-state index contributed by atoms with van der Waals surface area (Å²) in [4.78, 5) is 2.42. The lowest BCUT2D eigenvalue weighted by atomic mass is 9.85. The standard InChI is InChI=1S/C16H29N3O/c1-3-9-18-16(13-17)8-4-5-14(16)6-10-19(2)15-7-11-20-12-15/h14-15,18H,3-12H2,1-2H3. The van der Waals surface area contributed by atoms with E-state index in [-0.39, 0.29) is 5.54 Å². The van der Waals surface area contributed by atoms with Crippen LogP contribution in [-0.2, 0) is 4.74 Å². The van der Waals surface area contributed by atoms with Gasteiger partial charge in [-0.25, -0.2) is 0 Å². The first-order valence-corrected chi connectivity index (χ1v) is 8.16. The fourth-order valence-corrected chi connectivity index (χ4v) is 3.65. The summed E-state index contributed by atoms with van der Waals surface area (Å²) in [7, 11) is 2.20. The minimum absolute atomic E-state index is 0.261. The van der Waals surface area contributed by atoms with E-state index < -0.39 is 0 Å². The van der Waals surface area contributed by atoms with Crippen LogP contribution >= 0.6 is 0 Å². The topological polar surface area (TPSA) is 48.3 Å². The first-order chi connectivity index (χ1) is 9.72. The molecule has 0 aromatic carbocycles. The summed E-state index contributed by atoms with van der Waals surface area (Å²) in [5.41, 5.74) is -0.261. The molecule has 0 radical (unpaired) electrons. The molecule has 20 heavy (non-hydrogen) atoms. The second-order valence-corrected chi connectivity index (χ2v) is 6.39. The predicted molar refractivity (Wildman–Crippen MR) is 80.4 cm³/mol. The second kappa shape index (κ2) is 7.40. The van der Waals surface area contributed by atoms with Gasteiger partial charge in [0.05, 0.1) is 12.7 Å². The summed E-state index contributed by atoms with van der Waals surface area (Å²) >= 11 is 0. The lowest BCUT2D eigenvalue weighted by Gasteiger charge is -2.32. The van der Waals surface area contributed by atoms with Gasteiger partial charge in [-0.2, -0.15) is 5.26 Å². The Balaban J connectivity index is 1.85. The van der Waals surface area contributed by atoms with Gasteiger partial charge in [-0.1, -0.05) is 13.3 Å². The molecule has 1 aliphatic heterocycles. The molecule has 4 heteroatoms. The zero-order valence-electron chi connectivity index (χ0n) is 13.0. The molecule has 1 saturated carbocycles. The van der Waals surface area contributed by atoms with Crippen molar-refractivity contribution in [1.29, 1.82) is 5.26 Å². The van der Waals surface area contributed by atoms with Gasteiger partial charge in [0.15, 0.2) is 0 Å². The van der Waals surface area contributed by atoms with Gasteiger partial charge in [-0.15, -0.1) is 0 Å². The van der Waals surface area contributed by atoms with Crippen molar-refractivity contribution in [3.05, 3.63) is 0 Å². The van der Waals surface area contributed by atoms with E-state index in [1.165, 1.54) is 12.8 Å². The van der Waals surface area contributed by atoms with Crippen LogP contribution in [0.15, 0.2) is 0 Å². The second-order valence-electron chi connectivity index (χ2n) is 6.39. The molecule has 0 amide bonds. The minimum Gasteiger partial charge on any atom is -0.380 e.